The quantitative estimate of drug-likeness (QED) is 0.203. The maximum absolute atomic E-state index is 4.82. The number of rotatable bonds is 3. The van der Waals surface area contributed by atoms with Crippen molar-refractivity contribution in [1.82, 2.24) is 0 Å². The lowest BCUT2D eigenvalue weighted by atomic mass is 9.84. The topological polar surface area (TPSA) is 15.6 Å². The van der Waals surface area contributed by atoms with Gasteiger partial charge in [0.05, 0.1) is 17.4 Å². The molecule has 0 saturated heterocycles. The van der Waals surface area contributed by atoms with Crippen LogP contribution in [-0.2, 0) is 0 Å². The standard InChI is InChI=1S/C41H28N2S/c1-2-12-24-42-35(19-9-1)29-20-22-36-33(26-29)38-39-34-25-28(27-13-5-3-6-14-27)21-23-37(34)44-41(39)32-18-11-10-17-31(32)40(38)43(36)30-15-7-4-8-16-30/h1-26,33,36H/b2-1+,9-1?,12-2?,19-9+,24-12-,35-19?,42-24?,42-35+. The number of nitrogens with zero attached hydrogens (tertiary/aromatic N) is 2. The van der Waals surface area contributed by atoms with Crippen molar-refractivity contribution in [1.29, 1.82) is 0 Å². The van der Waals surface area contributed by atoms with Crippen LogP contribution >= 0.6 is 11.3 Å². The molecule has 0 radical (unpaired) electrons. The van der Waals surface area contributed by atoms with Gasteiger partial charge in [0.15, 0.2) is 0 Å². The van der Waals surface area contributed by atoms with Crippen LogP contribution in [-0.4, -0.2) is 11.8 Å². The molecule has 6 aromatic rings. The summed E-state index contributed by atoms with van der Waals surface area (Å²) in [5, 5.41) is 5.35. The molecule has 0 fully saturated rings. The lowest BCUT2D eigenvalue weighted by Gasteiger charge is -2.30. The van der Waals surface area contributed by atoms with Gasteiger partial charge >= 0.3 is 0 Å². The Labute approximate surface area is 260 Å². The van der Waals surface area contributed by atoms with Crippen LogP contribution in [0.25, 0.3) is 42.1 Å². The molecule has 0 bridgehead atoms. The normalized spacial score (nSPS) is 22.1. The van der Waals surface area contributed by atoms with Crippen LogP contribution < -0.4 is 4.90 Å². The lowest BCUT2D eigenvalue weighted by molar-refractivity contribution is 0.745. The first kappa shape index (κ1) is 25.3. The molecule has 3 heterocycles. The maximum Gasteiger partial charge on any atom is 0.0698 e. The molecule has 44 heavy (non-hydrogen) atoms. The van der Waals surface area contributed by atoms with Crippen molar-refractivity contribution in [2.75, 3.05) is 4.90 Å². The van der Waals surface area contributed by atoms with Crippen LogP contribution in [0.3, 0.4) is 0 Å². The molecule has 1 aromatic heterocycles. The monoisotopic (exact) mass is 580 g/mol. The number of fused-ring (bicyclic) bond motifs is 10. The smallest absolute Gasteiger partial charge is 0.0698 e. The molecule has 3 heteroatoms. The molecule has 1 aliphatic carbocycles. The molecule has 0 amide bonds. The number of benzene rings is 5. The number of hydrogen-bond acceptors (Lipinski definition) is 3. The van der Waals surface area contributed by atoms with Crippen LogP contribution in [0.5, 0.6) is 0 Å². The Bertz CT molecular complexity index is 2280. The van der Waals surface area contributed by atoms with E-state index in [9.17, 15) is 0 Å². The van der Waals surface area contributed by atoms with Gasteiger partial charge in [-0.25, -0.2) is 0 Å². The molecule has 2 nitrogen and oxygen atoms in total. The number of para-hydroxylation sites is 1. The van der Waals surface area contributed by atoms with E-state index in [1.165, 1.54) is 59.0 Å². The second kappa shape index (κ2) is 10.2. The van der Waals surface area contributed by atoms with Gasteiger partial charge in [-0.1, -0.05) is 115 Å². The summed E-state index contributed by atoms with van der Waals surface area (Å²) in [6.45, 7) is 0. The predicted octanol–water partition coefficient (Wildman–Crippen LogP) is 11.1. The Morgan fingerprint density at radius 3 is 2.30 bits per heavy atom. The molecule has 0 N–H and O–H groups in total. The van der Waals surface area contributed by atoms with E-state index in [1.807, 2.05) is 29.7 Å². The first-order valence-electron chi connectivity index (χ1n) is 15.1. The Hall–Kier alpha value is -5.25. The van der Waals surface area contributed by atoms with Gasteiger partial charge in [0, 0.05) is 48.7 Å². The first-order chi connectivity index (χ1) is 21.8. The van der Waals surface area contributed by atoms with E-state index in [0.29, 0.717) is 0 Å². The zero-order valence-electron chi connectivity index (χ0n) is 24.0. The molecule has 9 rings (SSSR count). The summed E-state index contributed by atoms with van der Waals surface area (Å²) in [4.78, 5) is 7.40. The van der Waals surface area contributed by atoms with E-state index in [0.717, 1.165) is 11.3 Å². The number of hydrogen-bond donors (Lipinski definition) is 0. The summed E-state index contributed by atoms with van der Waals surface area (Å²) < 4.78 is 2.70. The molecular weight excluding hydrogens is 553 g/mol. The van der Waals surface area contributed by atoms with Crippen LogP contribution in [0.4, 0.5) is 11.4 Å². The third-order valence-electron chi connectivity index (χ3n) is 9.04. The number of anilines is 2. The van der Waals surface area contributed by atoms with Gasteiger partial charge in [-0.3, -0.25) is 4.99 Å². The lowest BCUT2D eigenvalue weighted by Crippen LogP contribution is -2.29. The average molecular weight is 581 g/mol. The van der Waals surface area contributed by atoms with Crippen molar-refractivity contribution in [3.05, 3.63) is 169 Å². The molecule has 2 atom stereocenters. The number of thiophene rings is 1. The van der Waals surface area contributed by atoms with Crippen molar-refractivity contribution >= 4 is 59.4 Å². The van der Waals surface area contributed by atoms with Crippen LogP contribution in [0, 0.1) is 0 Å². The summed E-state index contributed by atoms with van der Waals surface area (Å²) in [7, 11) is 0. The van der Waals surface area contributed by atoms with E-state index in [2.05, 4.69) is 144 Å². The van der Waals surface area contributed by atoms with Crippen molar-refractivity contribution in [2.45, 2.75) is 12.0 Å². The van der Waals surface area contributed by atoms with Crippen molar-refractivity contribution in [3.63, 3.8) is 0 Å². The van der Waals surface area contributed by atoms with Crippen molar-refractivity contribution in [3.8, 4) is 11.1 Å². The zero-order valence-corrected chi connectivity index (χ0v) is 24.8. The fourth-order valence-corrected chi connectivity index (χ4v) is 8.38. The maximum atomic E-state index is 4.82. The Balaban J connectivity index is 1.38. The van der Waals surface area contributed by atoms with Crippen LogP contribution in [0.1, 0.15) is 11.5 Å². The van der Waals surface area contributed by atoms with Gasteiger partial charge in [0.1, 0.15) is 0 Å². The van der Waals surface area contributed by atoms with E-state index in [-0.39, 0.29) is 12.0 Å². The van der Waals surface area contributed by atoms with Gasteiger partial charge in [-0.15, -0.1) is 11.3 Å². The summed E-state index contributed by atoms with van der Waals surface area (Å²) in [6.07, 6.45) is 19.3. The molecular formula is C41H28N2S. The molecule has 0 spiro atoms. The Kier molecular flexibility index (Phi) is 5.85. The molecule has 208 valence electrons. The fraction of sp³-hybridized carbons (Fsp3) is 0.0488. The minimum Gasteiger partial charge on any atom is -0.333 e. The van der Waals surface area contributed by atoms with E-state index in [4.69, 9.17) is 4.99 Å². The third-order valence-corrected chi connectivity index (χ3v) is 10.2. The SMILES string of the molecule is C1=CC2C(C=C1C1=N/C=C\C=C\C=C\1)c1c(c3ccccc3c3sc4ccc(-c5ccccc5)cc4c13)N2c1ccccc1. The molecule has 2 unspecified atom stereocenters. The van der Waals surface area contributed by atoms with Gasteiger partial charge in [-0.05, 0) is 58.7 Å². The molecule has 0 saturated carbocycles. The number of aliphatic imine (C=N–C) groups is 1. The molecule has 2 aliphatic heterocycles. The van der Waals surface area contributed by atoms with Gasteiger partial charge in [0.2, 0.25) is 0 Å². The summed E-state index contributed by atoms with van der Waals surface area (Å²) in [6, 6.07) is 37.8. The summed E-state index contributed by atoms with van der Waals surface area (Å²) in [5.74, 6) is 0.163. The fourth-order valence-electron chi connectivity index (χ4n) is 7.14. The Morgan fingerprint density at radius 2 is 1.43 bits per heavy atom. The average Bonchev–Trinajstić information content (AvgIpc) is 3.61. The first-order valence-corrected chi connectivity index (χ1v) is 16.0. The molecule has 5 aromatic carbocycles. The van der Waals surface area contributed by atoms with Crippen molar-refractivity contribution in [2.24, 2.45) is 4.99 Å². The van der Waals surface area contributed by atoms with Gasteiger partial charge in [0.25, 0.3) is 0 Å². The third kappa shape index (κ3) is 3.90. The minimum absolute atomic E-state index is 0.158. The highest BCUT2D eigenvalue weighted by Gasteiger charge is 2.42. The van der Waals surface area contributed by atoms with Crippen molar-refractivity contribution < 1.29 is 0 Å². The number of allylic oxidation sites excluding steroid dienone is 7. The van der Waals surface area contributed by atoms with Gasteiger partial charge < -0.3 is 4.90 Å². The predicted molar refractivity (Wildman–Crippen MR) is 189 cm³/mol. The highest BCUT2D eigenvalue weighted by molar-refractivity contribution is 7.26. The Morgan fingerprint density at radius 1 is 0.659 bits per heavy atom. The van der Waals surface area contributed by atoms with E-state index < -0.39 is 0 Å². The van der Waals surface area contributed by atoms with Crippen LogP contribution in [0.15, 0.2) is 169 Å². The minimum atomic E-state index is 0.158. The van der Waals surface area contributed by atoms with Crippen LogP contribution in [0.2, 0.25) is 0 Å². The molecule has 3 aliphatic rings. The summed E-state index contributed by atoms with van der Waals surface area (Å²) >= 11 is 1.92. The highest BCUT2D eigenvalue weighted by Crippen LogP contribution is 2.57. The zero-order chi connectivity index (χ0) is 29.0. The second-order valence-electron chi connectivity index (χ2n) is 11.5. The van der Waals surface area contributed by atoms with E-state index in [1.54, 1.807) is 0 Å². The second-order valence-corrected chi connectivity index (χ2v) is 12.5. The summed E-state index contributed by atoms with van der Waals surface area (Å²) in [5.41, 5.74) is 8.59. The van der Waals surface area contributed by atoms with Gasteiger partial charge in [-0.2, -0.15) is 0 Å². The largest absolute Gasteiger partial charge is 0.333 e. The van der Waals surface area contributed by atoms with E-state index >= 15 is 0 Å². The highest BCUT2D eigenvalue weighted by atomic mass is 32.1.